The summed E-state index contributed by atoms with van der Waals surface area (Å²) in [5, 5.41) is 0. The lowest BCUT2D eigenvalue weighted by Crippen LogP contribution is -2.12. The molecule has 1 aliphatic carbocycles. The quantitative estimate of drug-likeness (QED) is 0.845. The summed E-state index contributed by atoms with van der Waals surface area (Å²) in [6.07, 6.45) is 5.78. The fourth-order valence-electron chi connectivity index (χ4n) is 2.66. The lowest BCUT2D eigenvalue weighted by molar-refractivity contribution is 0.362. The zero-order valence-electron chi connectivity index (χ0n) is 15.1. The number of aryl methyl sites for hydroxylation is 1. The highest BCUT2D eigenvalue weighted by Gasteiger charge is 2.23. The second kappa shape index (κ2) is 8.52. The molecule has 130 valence electrons. The average Bonchev–Trinajstić information content (AvgIpc) is 2.56. The molecule has 2 aromatic heterocycles. The van der Waals surface area contributed by atoms with Crippen molar-refractivity contribution in [3.8, 4) is 17.5 Å². The molecule has 5 nitrogen and oxygen atoms in total. The fourth-order valence-corrected chi connectivity index (χ4v) is 2.66. The van der Waals surface area contributed by atoms with Gasteiger partial charge in [0.15, 0.2) is 0 Å². The topological polar surface area (TPSA) is 53.5 Å². The summed E-state index contributed by atoms with van der Waals surface area (Å²) in [5.74, 6) is 2.85. The highest BCUT2D eigenvalue weighted by molar-refractivity contribution is 5.36. The van der Waals surface area contributed by atoms with Gasteiger partial charge in [-0.1, -0.05) is 6.42 Å². The number of pyridine rings is 2. The molecule has 0 aliphatic heterocycles. The summed E-state index contributed by atoms with van der Waals surface area (Å²) >= 11 is 0. The first kappa shape index (κ1) is 18.0. The smallest absolute Gasteiger partial charge is 0.219 e. The lowest BCUT2D eigenvalue weighted by atomic mass is 9.81. The molecule has 0 unspecified atom stereocenters. The van der Waals surface area contributed by atoms with Gasteiger partial charge in [0.05, 0.1) is 27.0 Å². The van der Waals surface area contributed by atoms with Crippen LogP contribution in [0, 0.1) is 13.8 Å². The molecule has 0 N–H and O–H groups in total. The van der Waals surface area contributed by atoms with E-state index in [1.807, 2.05) is 25.3 Å². The van der Waals surface area contributed by atoms with E-state index in [0.717, 1.165) is 11.3 Å². The van der Waals surface area contributed by atoms with Gasteiger partial charge in [-0.25, -0.2) is 0 Å². The molecule has 1 fully saturated rings. The van der Waals surface area contributed by atoms with Crippen molar-refractivity contribution in [1.29, 1.82) is 0 Å². The minimum Gasteiger partial charge on any atom is -0.496 e. The first-order chi connectivity index (χ1) is 11.6. The molecule has 1 aliphatic rings. The maximum Gasteiger partial charge on any atom is 0.219 e. The van der Waals surface area contributed by atoms with E-state index < -0.39 is 0 Å². The van der Waals surface area contributed by atoms with Crippen LogP contribution in [0.1, 0.15) is 42.0 Å². The van der Waals surface area contributed by atoms with E-state index in [2.05, 4.69) is 16.9 Å². The number of hydrogen-bond acceptors (Lipinski definition) is 5. The summed E-state index contributed by atoms with van der Waals surface area (Å²) in [6, 6.07) is 5.64. The third-order valence-electron chi connectivity index (χ3n) is 4.33. The summed E-state index contributed by atoms with van der Waals surface area (Å²) in [4.78, 5) is 8.49. The molecule has 0 radical (unpaired) electrons. The summed E-state index contributed by atoms with van der Waals surface area (Å²) < 4.78 is 15.2. The Bertz CT molecular complexity index is 670. The van der Waals surface area contributed by atoms with E-state index >= 15 is 0 Å². The largest absolute Gasteiger partial charge is 0.496 e. The Hall–Kier alpha value is -2.30. The van der Waals surface area contributed by atoms with Crippen LogP contribution >= 0.6 is 0 Å². The normalized spacial score (nSPS) is 13.4. The Morgan fingerprint density at radius 3 is 2.25 bits per heavy atom. The molecular weight excluding hydrogens is 304 g/mol. The van der Waals surface area contributed by atoms with Crippen molar-refractivity contribution in [2.24, 2.45) is 0 Å². The molecule has 0 atom stereocenters. The van der Waals surface area contributed by atoms with Crippen LogP contribution in [0.15, 0.2) is 24.4 Å². The van der Waals surface area contributed by atoms with E-state index in [1.54, 1.807) is 27.4 Å². The van der Waals surface area contributed by atoms with Crippen molar-refractivity contribution in [2.75, 3.05) is 21.3 Å². The molecule has 2 aromatic rings. The summed E-state index contributed by atoms with van der Waals surface area (Å²) in [7, 11) is 4.89. The molecule has 5 heteroatoms. The van der Waals surface area contributed by atoms with Crippen LogP contribution in [0.3, 0.4) is 0 Å². The third kappa shape index (κ3) is 4.16. The number of methoxy groups -OCH3 is 3. The Balaban J connectivity index is 0.000000177. The van der Waals surface area contributed by atoms with Crippen molar-refractivity contribution in [3.05, 3.63) is 41.2 Å². The SMILES string of the molecule is COc1ccc(C)c(OC)n1.COc1ccnc(C2CCC2)c1C. The van der Waals surface area contributed by atoms with Gasteiger partial charge in [0.25, 0.3) is 0 Å². The van der Waals surface area contributed by atoms with Gasteiger partial charge in [-0.05, 0) is 38.8 Å². The van der Waals surface area contributed by atoms with E-state index in [4.69, 9.17) is 14.2 Å². The Kier molecular flexibility index (Phi) is 6.41. The molecule has 0 aromatic carbocycles. The summed E-state index contributed by atoms with van der Waals surface area (Å²) in [5.41, 5.74) is 3.47. The maximum absolute atomic E-state index is 5.26. The molecule has 0 spiro atoms. The van der Waals surface area contributed by atoms with Gasteiger partial charge in [-0.15, -0.1) is 0 Å². The number of nitrogens with zero attached hydrogens (tertiary/aromatic N) is 2. The summed E-state index contributed by atoms with van der Waals surface area (Å²) in [6.45, 7) is 4.03. The van der Waals surface area contributed by atoms with Crippen LogP contribution < -0.4 is 14.2 Å². The molecular formula is C19H26N2O3. The van der Waals surface area contributed by atoms with E-state index in [1.165, 1.54) is 30.5 Å². The van der Waals surface area contributed by atoms with Crippen molar-refractivity contribution >= 4 is 0 Å². The molecule has 1 saturated carbocycles. The predicted molar refractivity (Wildman–Crippen MR) is 94.2 cm³/mol. The first-order valence-electron chi connectivity index (χ1n) is 8.15. The fraction of sp³-hybridized carbons (Fsp3) is 0.474. The van der Waals surface area contributed by atoms with Crippen molar-refractivity contribution in [2.45, 2.75) is 39.0 Å². The average molecular weight is 330 g/mol. The zero-order valence-corrected chi connectivity index (χ0v) is 15.1. The van der Waals surface area contributed by atoms with Gasteiger partial charge in [0.1, 0.15) is 5.75 Å². The third-order valence-corrected chi connectivity index (χ3v) is 4.33. The highest BCUT2D eigenvalue weighted by atomic mass is 16.5. The van der Waals surface area contributed by atoms with Gasteiger partial charge < -0.3 is 14.2 Å². The van der Waals surface area contributed by atoms with Gasteiger partial charge in [-0.2, -0.15) is 4.98 Å². The van der Waals surface area contributed by atoms with Crippen molar-refractivity contribution in [3.63, 3.8) is 0 Å². The molecule has 0 saturated heterocycles. The van der Waals surface area contributed by atoms with Gasteiger partial charge in [0, 0.05) is 29.3 Å². The van der Waals surface area contributed by atoms with Crippen LogP contribution in [0.2, 0.25) is 0 Å². The Morgan fingerprint density at radius 1 is 0.958 bits per heavy atom. The molecule has 2 heterocycles. The van der Waals surface area contributed by atoms with Crippen molar-refractivity contribution < 1.29 is 14.2 Å². The predicted octanol–water partition coefficient (Wildman–Crippen LogP) is 4.07. The van der Waals surface area contributed by atoms with Gasteiger partial charge >= 0.3 is 0 Å². The maximum atomic E-state index is 5.26. The van der Waals surface area contributed by atoms with Crippen molar-refractivity contribution in [1.82, 2.24) is 9.97 Å². The van der Waals surface area contributed by atoms with Gasteiger partial charge in [0.2, 0.25) is 11.8 Å². The highest BCUT2D eigenvalue weighted by Crippen LogP contribution is 2.38. The molecule has 0 bridgehead atoms. The van der Waals surface area contributed by atoms with E-state index in [9.17, 15) is 0 Å². The monoisotopic (exact) mass is 330 g/mol. The van der Waals surface area contributed by atoms with E-state index in [0.29, 0.717) is 17.7 Å². The zero-order chi connectivity index (χ0) is 17.5. The molecule has 24 heavy (non-hydrogen) atoms. The number of aromatic nitrogens is 2. The number of ether oxygens (including phenoxy) is 3. The standard InChI is InChI=1S/C11H15NO.C8H11NO2/c1-8-10(13-2)6-7-12-11(8)9-4-3-5-9;1-6-4-5-7(10-2)9-8(6)11-3/h6-7,9H,3-5H2,1-2H3;4-5H,1-3H3. The Morgan fingerprint density at radius 2 is 1.71 bits per heavy atom. The lowest BCUT2D eigenvalue weighted by Gasteiger charge is -2.26. The second-order valence-electron chi connectivity index (χ2n) is 5.83. The molecule has 3 rings (SSSR count). The van der Waals surface area contributed by atoms with Crippen LogP contribution in [-0.4, -0.2) is 31.3 Å². The van der Waals surface area contributed by atoms with Crippen LogP contribution in [0.5, 0.6) is 17.5 Å². The van der Waals surface area contributed by atoms with Crippen LogP contribution in [0.25, 0.3) is 0 Å². The minimum absolute atomic E-state index is 0.576. The van der Waals surface area contributed by atoms with Crippen LogP contribution in [-0.2, 0) is 0 Å². The number of rotatable bonds is 4. The minimum atomic E-state index is 0.576. The van der Waals surface area contributed by atoms with E-state index in [-0.39, 0.29) is 0 Å². The first-order valence-corrected chi connectivity index (χ1v) is 8.15. The molecule has 0 amide bonds. The van der Waals surface area contributed by atoms with Gasteiger partial charge in [-0.3, -0.25) is 4.98 Å². The second-order valence-corrected chi connectivity index (χ2v) is 5.83. The number of hydrogen-bond donors (Lipinski definition) is 0. The Labute approximate surface area is 144 Å². The van der Waals surface area contributed by atoms with Crippen LogP contribution in [0.4, 0.5) is 0 Å².